The minimum Gasteiger partial charge on any atom is -0.469 e. The van der Waals surface area contributed by atoms with Gasteiger partial charge < -0.3 is 4.74 Å². The molecule has 3 rings (SSSR count). The average Bonchev–Trinajstić information content (AvgIpc) is 2.33. The first kappa shape index (κ1) is 13.3. The Labute approximate surface area is 109 Å². The van der Waals surface area contributed by atoms with Crippen LogP contribution in [0.3, 0.4) is 0 Å². The smallest absolute Gasteiger partial charge is 0.309 e. The molecule has 5 unspecified atom stereocenters. The summed E-state index contributed by atoms with van der Waals surface area (Å²) < 4.78 is 4.91. The summed E-state index contributed by atoms with van der Waals surface area (Å²) in [5, 5.41) is 0. The number of hydrogen-bond donors (Lipinski definition) is 0. The molecular weight excluding hydrogens is 228 g/mol. The highest BCUT2D eigenvalue weighted by molar-refractivity contribution is 5.89. The molecule has 3 aliphatic rings. The number of rotatable bonds is 2. The van der Waals surface area contributed by atoms with Gasteiger partial charge in [0, 0.05) is 11.8 Å². The maximum atomic E-state index is 12.4. The van der Waals surface area contributed by atoms with Crippen molar-refractivity contribution in [3.8, 4) is 0 Å². The molecule has 18 heavy (non-hydrogen) atoms. The number of methoxy groups -OCH3 is 1. The van der Waals surface area contributed by atoms with Crippen molar-refractivity contribution in [2.45, 2.75) is 33.6 Å². The predicted molar refractivity (Wildman–Crippen MR) is 68.8 cm³/mol. The van der Waals surface area contributed by atoms with E-state index in [1.807, 2.05) is 13.8 Å². The quantitative estimate of drug-likeness (QED) is 0.559. The molecule has 5 atom stereocenters. The lowest BCUT2D eigenvalue weighted by molar-refractivity contribution is -0.169. The van der Waals surface area contributed by atoms with E-state index in [9.17, 15) is 9.59 Å². The third-order valence-electron chi connectivity index (χ3n) is 5.33. The molecule has 0 spiro atoms. The van der Waals surface area contributed by atoms with Crippen LogP contribution in [0.4, 0.5) is 0 Å². The van der Waals surface area contributed by atoms with Gasteiger partial charge >= 0.3 is 5.97 Å². The molecule has 100 valence electrons. The number of fused-ring (bicyclic) bond motifs is 3. The standard InChI is InChI=1S/C15H22O3/c1-8(2)11-7-15(4)9(3)13(16)10(11)6-12(15)14(17)18-5/h9-12H,1,6-7H2,2-5H3. The SMILES string of the molecule is C=C(C)C1CC2(C)C(C)C(=O)C1CC2C(=O)OC. The van der Waals surface area contributed by atoms with E-state index in [1.165, 1.54) is 7.11 Å². The number of ketones is 1. The number of carbonyl (C=O) groups is 2. The fourth-order valence-corrected chi connectivity index (χ4v) is 3.91. The van der Waals surface area contributed by atoms with Crippen molar-refractivity contribution in [1.29, 1.82) is 0 Å². The Bertz CT molecular complexity index is 412. The maximum absolute atomic E-state index is 12.4. The molecule has 3 fully saturated rings. The molecule has 0 amide bonds. The summed E-state index contributed by atoms with van der Waals surface area (Å²) in [4.78, 5) is 24.3. The van der Waals surface area contributed by atoms with E-state index >= 15 is 0 Å². The van der Waals surface area contributed by atoms with E-state index in [-0.39, 0.29) is 35.1 Å². The normalized spacial score (nSPS) is 42.8. The summed E-state index contributed by atoms with van der Waals surface area (Å²) in [6, 6.07) is 0. The summed E-state index contributed by atoms with van der Waals surface area (Å²) in [6.07, 6.45) is 1.50. The Kier molecular flexibility index (Phi) is 3.12. The van der Waals surface area contributed by atoms with Gasteiger partial charge in [-0.3, -0.25) is 9.59 Å². The highest BCUT2D eigenvalue weighted by Gasteiger charge is 2.59. The molecular formula is C15H22O3. The lowest BCUT2D eigenvalue weighted by Gasteiger charge is -2.55. The zero-order valence-corrected chi connectivity index (χ0v) is 11.7. The molecule has 0 aromatic heterocycles. The Morgan fingerprint density at radius 1 is 1.50 bits per heavy atom. The first-order chi connectivity index (χ1) is 8.32. The van der Waals surface area contributed by atoms with Gasteiger partial charge in [0.15, 0.2) is 0 Å². The van der Waals surface area contributed by atoms with Crippen LogP contribution in [-0.4, -0.2) is 18.9 Å². The third-order valence-corrected chi connectivity index (χ3v) is 5.33. The van der Waals surface area contributed by atoms with Gasteiger partial charge in [-0.25, -0.2) is 0 Å². The van der Waals surface area contributed by atoms with Crippen LogP contribution in [0.1, 0.15) is 33.6 Å². The molecule has 0 radical (unpaired) electrons. The highest BCUT2D eigenvalue weighted by atomic mass is 16.5. The van der Waals surface area contributed by atoms with Gasteiger partial charge in [-0.1, -0.05) is 26.0 Å². The minimum absolute atomic E-state index is 0.0385. The largest absolute Gasteiger partial charge is 0.469 e. The summed E-state index contributed by atoms with van der Waals surface area (Å²) >= 11 is 0. The van der Waals surface area contributed by atoms with Gasteiger partial charge in [0.05, 0.1) is 13.0 Å². The molecule has 0 aliphatic heterocycles. The van der Waals surface area contributed by atoms with Crippen molar-refractivity contribution < 1.29 is 14.3 Å². The summed E-state index contributed by atoms with van der Waals surface area (Å²) in [5.74, 6) is 0.133. The van der Waals surface area contributed by atoms with Crippen LogP contribution in [0.2, 0.25) is 0 Å². The van der Waals surface area contributed by atoms with E-state index in [4.69, 9.17) is 4.74 Å². The Morgan fingerprint density at radius 2 is 2.11 bits per heavy atom. The second-order valence-electron chi connectivity index (χ2n) is 6.20. The number of esters is 1. The van der Waals surface area contributed by atoms with Crippen LogP contribution >= 0.6 is 0 Å². The number of ether oxygens (including phenoxy) is 1. The van der Waals surface area contributed by atoms with Crippen molar-refractivity contribution in [1.82, 2.24) is 0 Å². The number of hydrogen-bond acceptors (Lipinski definition) is 3. The fraction of sp³-hybridized carbons (Fsp3) is 0.733. The molecule has 3 saturated carbocycles. The van der Waals surface area contributed by atoms with Crippen molar-refractivity contribution >= 4 is 11.8 Å². The van der Waals surface area contributed by atoms with E-state index in [1.54, 1.807) is 0 Å². The Hall–Kier alpha value is -1.12. The minimum atomic E-state index is -0.275. The Balaban J connectivity index is 2.39. The first-order valence-electron chi connectivity index (χ1n) is 6.60. The summed E-state index contributed by atoms with van der Waals surface area (Å²) in [7, 11) is 1.43. The lowest BCUT2D eigenvalue weighted by Crippen LogP contribution is -2.57. The molecule has 3 nitrogen and oxygen atoms in total. The maximum Gasteiger partial charge on any atom is 0.309 e. The zero-order valence-electron chi connectivity index (χ0n) is 11.7. The van der Waals surface area contributed by atoms with Crippen LogP contribution in [-0.2, 0) is 14.3 Å². The highest BCUT2D eigenvalue weighted by Crippen LogP contribution is 2.58. The monoisotopic (exact) mass is 250 g/mol. The molecule has 3 heteroatoms. The van der Waals surface area contributed by atoms with Gasteiger partial charge in [0.25, 0.3) is 0 Å². The molecule has 3 aliphatic carbocycles. The lowest BCUT2D eigenvalue weighted by atomic mass is 9.47. The van der Waals surface area contributed by atoms with Crippen molar-refractivity contribution in [3.63, 3.8) is 0 Å². The van der Waals surface area contributed by atoms with E-state index < -0.39 is 0 Å². The van der Waals surface area contributed by atoms with Gasteiger partial charge in [0.1, 0.15) is 5.78 Å². The molecule has 2 bridgehead atoms. The van der Waals surface area contributed by atoms with E-state index in [0.29, 0.717) is 12.2 Å². The number of Topliss-reactive ketones (excluding diaryl/α,β-unsaturated/α-hetero) is 1. The summed E-state index contributed by atoms with van der Waals surface area (Å²) in [5.41, 5.74) is 0.789. The topological polar surface area (TPSA) is 43.4 Å². The van der Waals surface area contributed by atoms with Crippen LogP contribution in [0.25, 0.3) is 0 Å². The van der Waals surface area contributed by atoms with Gasteiger partial charge in [0.2, 0.25) is 0 Å². The molecule has 0 saturated heterocycles. The van der Waals surface area contributed by atoms with Crippen LogP contribution < -0.4 is 0 Å². The van der Waals surface area contributed by atoms with Crippen LogP contribution in [0, 0.1) is 29.1 Å². The fourth-order valence-electron chi connectivity index (χ4n) is 3.91. The van der Waals surface area contributed by atoms with Crippen LogP contribution in [0.15, 0.2) is 12.2 Å². The number of carbonyl (C=O) groups excluding carboxylic acids is 2. The molecule has 0 heterocycles. The number of allylic oxidation sites excluding steroid dienone is 1. The van der Waals surface area contributed by atoms with Crippen molar-refractivity contribution in [3.05, 3.63) is 12.2 Å². The van der Waals surface area contributed by atoms with Gasteiger partial charge in [-0.15, -0.1) is 0 Å². The van der Waals surface area contributed by atoms with Crippen LogP contribution in [0.5, 0.6) is 0 Å². The summed E-state index contributed by atoms with van der Waals surface area (Å²) in [6.45, 7) is 10.0. The zero-order chi connectivity index (χ0) is 13.7. The van der Waals surface area contributed by atoms with E-state index in [2.05, 4.69) is 13.5 Å². The third kappa shape index (κ3) is 1.63. The van der Waals surface area contributed by atoms with Gasteiger partial charge in [-0.05, 0) is 31.1 Å². The first-order valence-corrected chi connectivity index (χ1v) is 6.60. The molecule has 0 N–H and O–H groups in total. The van der Waals surface area contributed by atoms with Crippen molar-refractivity contribution in [2.75, 3.05) is 7.11 Å². The molecule has 0 aromatic rings. The Morgan fingerprint density at radius 3 is 2.61 bits per heavy atom. The average molecular weight is 250 g/mol. The van der Waals surface area contributed by atoms with Crippen molar-refractivity contribution in [2.24, 2.45) is 29.1 Å². The van der Waals surface area contributed by atoms with Gasteiger partial charge in [-0.2, -0.15) is 0 Å². The predicted octanol–water partition coefficient (Wildman–Crippen LogP) is 2.60. The van der Waals surface area contributed by atoms with E-state index in [0.717, 1.165) is 12.0 Å². The second-order valence-corrected chi connectivity index (χ2v) is 6.20. The second kappa shape index (κ2) is 4.22. The molecule has 0 aromatic carbocycles.